The molecule has 1 atom stereocenters. The number of carbonyl (C=O) groups excluding carboxylic acids is 3. The second-order valence-electron chi connectivity index (χ2n) is 6.60. The third-order valence-corrected chi connectivity index (χ3v) is 4.08. The quantitative estimate of drug-likeness (QED) is 0.553. The molecule has 0 unspecified atom stereocenters. The van der Waals surface area contributed by atoms with Crippen molar-refractivity contribution in [2.24, 2.45) is 0 Å². The molecule has 1 aromatic carbocycles. The number of aryl methyl sites for hydroxylation is 2. The van der Waals surface area contributed by atoms with Crippen molar-refractivity contribution in [3.63, 3.8) is 0 Å². The lowest BCUT2D eigenvalue weighted by atomic mass is 10.0. The van der Waals surface area contributed by atoms with Crippen molar-refractivity contribution in [1.82, 2.24) is 10.6 Å². The highest BCUT2D eigenvalue weighted by atomic mass is 16.5. The zero-order chi connectivity index (χ0) is 21.6. The van der Waals surface area contributed by atoms with E-state index >= 15 is 0 Å². The number of fused-ring (bicyclic) bond motifs is 1. The molecule has 2 N–H and O–H groups in total. The van der Waals surface area contributed by atoms with Crippen molar-refractivity contribution in [1.29, 1.82) is 0 Å². The van der Waals surface area contributed by atoms with Crippen molar-refractivity contribution in [2.45, 2.75) is 39.7 Å². The third-order valence-electron chi connectivity index (χ3n) is 4.08. The van der Waals surface area contributed by atoms with E-state index in [0.717, 1.165) is 17.5 Å². The monoisotopic (exact) mass is 403 g/mol. The Balaban J connectivity index is 2.18. The molecule has 0 spiro atoms. The van der Waals surface area contributed by atoms with Crippen LogP contribution in [0.3, 0.4) is 0 Å². The number of hydrogen-bond donors (Lipinski definition) is 2. The molecule has 2 amide bonds. The van der Waals surface area contributed by atoms with Gasteiger partial charge in [0.1, 0.15) is 11.3 Å². The average molecular weight is 403 g/mol. The maximum atomic E-state index is 12.3. The lowest BCUT2D eigenvalue weighted by Crippen LogP contribution is -2.45. The van der Waals surface area contributed by atoms with Gasteiger partial charge in [-0.25, -0.2) is 4.79 Å². The first-order chi connectivity index (χ1) is 13.7. The van der Waals surface area contributed by atoms with Crippen LogP contribution in [-0.4, -0.2) is 37.0 Å². The van der Waals surface area contributed by atoms with Gasteiger partial charge < -0.3 is 29.7 Å². The van der Waals surface area contributed by atoms with E-state index in [1.54, 1.807) is 12.1 Å². The van der Waals surface area contributed by atoms with Crippen LogP contribution in [-0.2, 0) is 20.8 Å². The first kappa shape index (κ1) is 21.9. The Labute approximate surface area is 167 Å². The van der Waals surface area contributed by atoms with Gasteiger partial charge >= 0.3 is 5.63 Å². The summed E-state index contributed by atoms with van der Waals surface area (Å²) < 4.78 is 11.1. The molecule has 0 saturated heterocycles. The van der Waals surface area contributed by atoms with Gasteiger partial charge in [-0.15, -0.1) is 0 Å². The molecule has 1 heterocycles. The van der Waals surface area contributed by atoms with Gasteiger partial charge in [0.25, 0.3) is 5.91 Å². The van der Waals surface area contributed by atoms with Gasteiger partial charge in [0.05, 0.1) is 24.4 Å². The number of hydrogen-bond acceptors (Lipinski definition) is 7. The number of carboxylic acid groups (broad SMARTS) is 1. The third kappa shape index (κ3) is 6.06. The molecule has 0 radical (unpaired) electrons. The summed E-state index contributed by atoms with van der Waals surface area (Å²) in [5, 5.41) is 15.4. The largest absolute Gasteiger partial charge is 0.548 e. The molecular formula is C20H23N2O7-. The first-order valence-electron chi connectivity index (χ1n) is 9.19. The fraction of sp³-hybridized carbons (Fsp3) is 0.400. The van der Waals surface area contributed by atoms with E-state index in [9.17, 15) is 24.3 Å². The van der Waals surface area contributed by atoms with E-state index in [1.165, 1.54) is 13.0 Å². The summed E-state index contributed by atoms with van der Waals surface area (Å²) >= 11 is 0. The van der Waals surface area contributed by atoms with Crippen molar-refractivity contribution in [3.05, 3.63) is 39.7 Å². The molecule has 0 bridgehead atoms. The topological polar surface area (TPSA) is 138 Å². The maximum Gasteiger partial charge on any atom is 0.336 e. The summed E-state index contributed by atoms with van der Waals surface area (Å²) in [5.74, 6) is -2.25. The average Bonchev–Trinajstić information content (AvgIpc) is 2.63. The number of nitrogens with one attached hydrogen (secondary N) is 2. The molecule has 0 saturated carbocycles. The van der Waals surface area contributed by atoms with Crippen LogP contribution in [0.25, 0.3) is 11.0 Å². The van der Waals surface area contributed by atoms with Gasteiger partial charge in [0.2, 0.25) is 5.91 Å². The molecule has 9 heteroatoms. The van der Waals surface area contributed by atoms with Crippen LogP contribution in [0.5, 0.6) is 5.75 Å². The zero-order valence-corrected chi connectivity index (χ0v) is 16.5. The van der Waals surface area contributed by atoms with Gasteiger partial charge in [-0.2, -0.15) is 0 Å². The fourth-order valence-electron chi connectivity index (χ4n) is 2.82. The number of rotatable bonds is 9. The van der Waals surface area contributed by atoms with Crippen LogP contribution in [0.1, 0.15) is 31.4 Å². The smallest absolute Gasteiger partial charge is 0.336 e. The molecule has 0 fully saturated rings. The number of ether oxygens (including phenoxy) is 1. The van der Waals surface area contributed by atoms with Gasteiger partial charge in [-0.3, -0.25) is 9.59 Å². The molecule has 0 aliphatic carbocycles. The number of carbonyl (C=O) groups is 3. The van der Waals surface area contributed by atoms with Crippen LogP contribution in [0.4, 0.5) is 0 Å². The van der Waals surface area contributed by atoms with Gasteiger partial charge in [-0.1, -0.05) is 13.3 Å². The second-order valence-corrected chi connectivity index (χ2v) is 6.60. The first-order valence-corrected chi connectivity index (χ1v) is 9.19. The Hall–Kier alpha value is -3.36. The van der Waals surface area contributed by atoms with Crippen molar-refractivity contribution in [3.8, 4) is 5.75 Å². The summed E-state index contributed by atoms with van der Waals surface area (Å²) in [6.07, 6.45) is 0.499. The highest BCUT2D eigenvalue weighted by Gasteiger charge is 2.19. The minimum Gasteiger partial charge on any atom is -0.548 e. The lowest BCUT2D eigenvalue weighted by molar-refractivity contribution is -0.304. The Morgan fingerprint density at radius 2 is 1.90 bits per heavy atom. The summed E-state index contributed by atoms with van der Waals surface area (Å²) in [4.78, 5) is 45.9. The predicted molar refractivity (Wildman–Crippen MR) is 102 cm³/mol. The number of benzene rings is 1. The van der Waals surface area contributed by atoms with Crippen molar-refractivity contribution in [2.75, 3.05) is 13.1 Å². The summed E-state index contributed by atoms with van der Waals surface area (Å²) in [7, 11) is 0. The van der Waals surface area contributed by atoms with Crippen LogP contribution >= 0.6 is 0 Å². The Kier molecular flexibility index (Phi) is 7.35. The minimum absolute atomic E-state index is 0.380. The van der Waals surface area contributed by atoms with Crippen LogP contribution in [0.2, 0.25) is 0 Å². The zero-order valence-electron chi connectivity index (χ0n) is 16.5. The molecule has 0 aliphatic rings. The predicted octanol–water partition coefficient (Wildman–Crippen LogP) is -0.196. The fourth-order valence-corrected chi connectivity index (χ4v) is 2.82. The summed E-state index contributed by atoms with van der Waals surface area (Å²) in [5.41, 5.74) is 1.48. The summed E-state index contributed by atoms with van der Waals surface area (Å²) in [6, 6.07) is 4.90. The number of amides is 2. The highest BCUT2D eigenvalue weighted by Crippen LogP contribution is 2.31. The van der Waals surface area contributed by atoms with Gasteiger partial charge in [-0.05, 0) is 43.5 Å². The number of carboxylic acids is 1. The standard InChI is InChI=1S/C20H24N2O7/c1-4-5-13-8-18(26)29-15-7-11(2)6-14(19(13)15)28-12(3)20(27)22-9-16(23)21-10-17(24)25/h6-8,12H,4-5,9-10H2,1-3H3,(H,21,23)(H,22,27)(H,24,25)/p-1/t12-/m0/s1. The van der Waals surface area contributed by atoms with E-state index in [-0.39, 0.29) is 0 Å². The Morgan fingerprint density at radius 3 is 2.55 bits per heavy atom. The molecular weight excluding hydrogens is 380 g/mol. The van der Waals surface area contributed by atoms with Crippen LogP contribution in [0.15, 0.2) is 27.4 Å². The van der Waals surface area contributed by atoms with E-state index in [4.69, 9.17) is 9.15 Å². The molecule has 29 heavy (non-hydrogen) atoms. The van der Waals surface area contributed by atoms with E-state index in [1.807, 2.05) is 13.8 Å². The molecule has 9 nitrogen and oxygen atoms in total. The molecule has 2 aromatic rings. The van der Waals surface area contributed by atoms with Crippen LogP contribution in [0, 0.1) is 6.92 Å². The van der Waals surface area contributed by atoms with E-state index in [2.05, 4.69) is 10.6 Å². The molecule has 1 aromatic heterocycles. The highest BCUT2D eigenvalue weighted by molar-refractivity contribution is 5.90. The Bertz CT molecular complexity index is 981. The second kappa shape index (κ2) is 9.72. The van der Waals surface area contributed by atoms with Gasteiger partial charge in [0.15, 0.2) is 6.10 Å². The normalized spacial score (nSPS) is 11.7. The van der Waals surface area contributed by atoms with E-state index in [0.29, 0.717) is 23.1 Å². The minimum atomic E-state index is -1.43. The molecule has 2 rings (SSSR count). The number of aliphatic carboxylic acids is 1. The lowest BCUT2D eigenvalue weighted by Gasteiger charge is -2.18. The maximum absolute atomic E-state index is 12.3. The Morgan fingerprint density at radius 1 is 1.17 bits per heavy atom. The van der Waals surface area contributed by atoms with Gasteiger partial charge in [0, 0.05) is 6.07 Å². The van der Waals surface area contributed by atoms with Crippen LogP contribution < -0.4 is 26.1 Å². The molecule has 156 valence electrons. The van der Waals surface area contributed by atoms with Crippen molar-refractivity contribution < 1.29 is 28.6 Å². The molecule has 0 aliphatic heterocycles. The van der Waals surface area contributed by atoms with E-state index < -0.39 is 42.6 Å². The SMILES string of the molecule is CCCc1cc(=O)oc2cc(C)cc(O[C@@H](C)C(=O)NCC(=O)NCC(=O)[O-])c12. The van der Waals surface area contributed by atoms with Crippen molar-refractivity contribution >= 4 is 28.8 Å². The summed E-state index contributed by atoms with van der Waals surface area (Å²) in [6.45, 7) is 4.27.